The Bertz CT molecular complexity index is 665. The Morgan fingerprint density at radius 1 is 1.26 bits per heavy atom. The summed E-state index contributed by atoms with van der Waals surface area (Å²) in [6, 6.07) is 8.14. The van der Waals surface area contributed by atoms with Gasteiger partial charge >= 0.3 is 0 Å². The summed E-state index contributed by atoms with van der Waals surface area (Å²) in [6.07, 6.45) is 7.48. The monoisotopic (exact) mass is 317 g/mol. The lowest BCUT2D eigenvalue weighted by molar-refractivity contribution is -0.118. The molecule has 2 aromatic rings. The minimum atomic E-state index is -0.479. The van der Waals surface area contributed by atoms with E-state index in [1.165, 1.54) is 31.4 Å². The quantitative estimate of drug-likeness (QED) is 0.917. The molecular weight excluding hydrogens is 297 g/mol. The number of carbonyl (C=O) groups excluding carboxylic acids is 1. The summed E-state index contributed by atoms with van der Waals surface area (Å²) in [6.45, 7) is -0.239. The first-order valence-electron chi connectivity index (χ1n) is 7.95. The van der Waals surface area contributed by atoms with E-state index in [1.807, 2.05) is 4.68 Å². The van der Waals surface area contributed by atoms with Gasteiger partial charge in [-0.2, -0.15) is 5.10 Å². The Morgan fingerprint density at radius 2 is 2.04 bits per heavy atom. The lowest BCUT2D eigenvalue weighted by atomic mass is 9.96. The van der Waals surface area contributed by atoms with Gasteiger partial charge in [-0.3, -0.25) is 4.79 Å². The molecule has 1 fully saturated rings. The van der Waals surface area contributed by atoms with Crippen LogP contribution in [0.5, 0.6) is 5.75 Å². The van der Waals surface area contributed by atoms with Gasteiger partial charge in [0.15, 0.2) is 18.2 Å². The zero-order valence-corrected chi connectivity index (χ0v) is 12.9. The lowest BCUT2D eigenvalue weighted by Crippen LogP contribution is -2.24. The number of benzene rings is 1. The van der Waals surface area contributed by atoms with E-state index in [9.17, 15) is 9.18 Å². The Morgan fingerprint density at radius 3 is 2.83 bits per heavy atom. The zero-order valence-electron chi connectivity index (χ0n) is 12.9. The third kappa shape index (κ3) is 3.88. The van der Waals surface area contributed by atoms with Crippen LogP contribution >= 0.6 is 0 Å². The third-order valence-corrected chi connectivity index (χ3v) is 4.05. The van der Waals surface area contributed by atoms with E-state index >= 15 is 0 Å². The molecule has 0 atom stereocenters. The summed E-state index contributed by atoms with van der Waals surface area (Å²) < 4.78 is 20.5. The van der Waals surface area contributed by atoms with Crippen molar-refractivity contribution in [2.45, 2.75) is 38.1 Å². The zero-order chi connectivity index (χ0) is 16.1. The van der Waals surface area contributed by atoms with Crippen molar-refractivity contribution in [3.05, 3.63) is 42.3 Å². The number of nitrogens with zero attached hydrogens (tertiary/aromatic N) is 2. The van der Waals surface area contributed by atoms with Crippen LogP contribution in [-0.2, 0) is 4.79 Å². The molecule has 0 aliphatic heterocycles. The van der Waals surface area contributed by atoms with Crippen LogP contribution in [0.3, 0.4) is 0 Å². The van der Waals surface area contributed by atoms with Gasteiger partial charge < -0.3 is 10.1 Å². The maximum atomic E-state index is 13.5. The van der Waals surface area contributed by atoms with E-state index in [1.54, 1.807) is 24.4 Å². The molecule has 0 bridgehead atoms. The van der Waals surface area contributed by atoms with E-state index in [0.29, 0.717) is 11.9 Å². The normalized spacial score (nSPS) is 15.3. The van der Waals surface area contributed by atoms with Gasteiger partial charge in [-0.25, -0.2) is 9.07 Å². The number of carbonyl (C=O) groups is 1. The predicted molar refractivity (Wildman–Crippen MR) is 84.9 cm³/mol. The summed E-state index contributed by atoms with van der Waals surface area (Å²) in [5.41, 5.74) is 0. The molecule has 0 unspecified atom stereocenters. The molecule has 0 spiro atoms. The fourth-order valence-corrected chi connectivity index (χ4v) is 2.91. The Kier molecular flexibility index (Phi) is 4.90. The van der Waals surface area contributed by atoms with Crippen molar-refractivity contribution in [3.63, 3.8) is 0 Å². The first-order valence-corrected chi connectivity index (χ1v) is 7.95. The number of hydrogen-bond donors (Lipinski definition) is 1. The topological polar surface area (TPSA) is 56.1 Å². The van der Waals surface area contributed by atoms with E-state index in [4.69, 9.17) is 4.74 Å². The highest BCUT2D eigenvalue weighted by Gasteiger charge is 2.19. The highest BCUT2D eigenvalue weighted by molar-refractivity contribution is 5.91. The van der Waals surface area contributed by atoms with Crippen molar-refractivity contribution in [2.24, 2.45) is 0 Å². The second kappa shape index (κ2) is 7.26. The van der Waals surface area contributed by atoms with Crippen LogP contribution in [0.4, 0.5) is 10.2 Å². The van der Waals surface area contributed by atoms with Gasteiger partial charge in [0.1, 0.15) is 5.82 Å². The van der Waals surface area contributed by atoms with Gasteiger partial charge in [0.2, 0.25) is 0 Å². The van der Waals surface area contributed by atoms with Crippen molar-refractivity contribution in [1.29, 1.82) is 0 Å². The predicted octanol–water partition coefficient (Wildman–Crippen LogP) is 3.54. The number of anilines is 1. The molecule has 1 N–H and O–H groups in total. The molecule has 1 aromatic carbocycles. The van der Waals surface area contributed by atoms with Crippen LogP contribution in [0.25, 0.3) is 0 Å². The number of halogens is 1. The van der Waals surface area contributed by atoms with Crippen molar-refractivity contribution in [2.75, 3.05) is 11.9 Å². The molecule has 1 amide bonds. The average molecular weight is 317 g/mol. The van der Waals surface area contributed by atoms with Gasteiger partial charge in [0, 0.05) is 6.07 Å². The molecule has 0 saturated heterocycles. The minimum Gasteiger partial charge on any atom is -0.481 e. The van der Waals surface area contributed by atoms with Gasteiger partial charge in [0.25, 0.3) is 5.91 Å². The van der Waals surface area contributed by atoms with Crippen LogP contribution in [0.15, 0.2) is 36.5 Å². The number of amides is 1. The summed E-state index contributed by atoms with van der Waals surface area (Å²) >= 11 is 0. The SMILES string of the molecule is O=C(COc1ccccc1F)Nc1ccnn1C1CCCCC1. The van der Waals surface area contributed by atoms with E-state index < -0.39 is 5.82 Å². The van der Waals surface area contributed by atoms with Crippen molar-refractivity contribution < 1.29 is 13.9 Å². The van der Waals surface area contributed by atoms with Gasteiger partial charge in [0.05, 0.1) is 12.2 Å². The highest BCUT2D eigenvalue weighted by atomic mass is 19.1. The molecule has 3 rings (SSSR count). The molecular formula is C17H20FN3O2. The molecule has 0 radical (unpaired) electrons. The van der Waals surface area contributed by atoms with Crippen LogP contribution in [0.1, 0.15) is 38.1 Å². The number of para-hydroxylation sites is 1. The second-order valence-electron chi connectivity index (χ2n) is 5.72. The van der Waals surface area contributed by atoms with Crippen molar-refractivity contribution in [1.82, 2.24) is 9.78 Å². The maximum absolute atomic E-state index is 13.5. The standard InChI is InChI=1S/C17H20FN3O2/c18-14-8-4-5-9-15(14)23-12-17(22)20-16-10-11-19-21(16)13-6-2-1-3-7-13/h4-5,8-11,13H,1-3,6-7,12H2,(H,20,22). The van der Waals surface area contributed by atoms with Crippen LogP contribution in [0.2, 0.25) is 0 Å². The molecule has 1 heterocycles. The van der Waals surface area contributed by atoms with Gasteiger partial charge in [-0.05, 0) is 25.0 Å². The van der Waals surface area contributed by atoms with Crippen molar-refractivity contribution >= 4 is 11.7 Å². The minimum absolute atomic E-state index is 0.0726. The first kappa shape index (κ1) is 15.5. The average Bonchev–Trinajstić information content (AvgIpc) is 3.03. The molecule has 6 heteroatoms. The number of nitrogens with one attached hydrogen (secondary N) is 1. The molecule has 1 aliphatic rings. The highest BCUT2D eigenvalue weighted by Crippen LogP contribution is 2.29. The molecule has 5 nitrogen and oxygen atoms in total. The lowest BCUT2D eigenvalue weighted by Gasteiger charge is -2.23. The smallest absolute Gasteiger partial charge is 0.263 e. The number of ether oxygens (including phenoxy) is 1. The van der Waals surface area contributed by atoms with E-state index in [2.05, 4.69) is 10.4 Å². The summed E-state index contributed by atoms with van der Waals surface area (Å²) in [7, 11) is 0. The fourth-order valence-electron chi connectivity index (χ4n) is 2.91. The molecule has 1 aliphatic carbocycles. The number of aromatic nitrogens is 2. The molecule has 23 heavy (non-hydrogen) atoms. The molecule has 122 valence electrons. The number of rotatable bonds is 5. The Balaban J connectivity index is 1.58. The fraction of sp³-hybridized carbons (Fsp3) is 0.412. The maximum Gasteiger partial charge on any atom is 0.263 e. The van der Waals surface area contributed by atoms with Crippen LogP contribution < -0.4 is 10.1 Å². The molecule has 1 saturated carbocycles. The molecule has 1 aromatic heterocycles. The van der Waals surface area contributed by atoms with Gasteiger partial charge in [-0.1, -0.05) is 31.4 Å². The van der Waals surface area contributed by atoms with E-state index in [-0.39, 0.29) is 18.3 Å². The largest absolute Gasteiger partial charge is 0.481 e. The summed E-state index contributed by atoms with van der Waals surface area (Å²) in [4.78, 5) is 12.0. The van der Waals surface area contributed by atoms with Crippen LogP contribution in [0, 0.1) is 5.82 Å². The summed E-state index contributed by atoms with van der Waals surface area (Å²) in [5, 5.41) is 7.12. The Hall–Kier alpha value is -2.37. The van der Waals surface area contributed by atoms with Crippen LogP contribution in [-0.4, -0.2) is 22.3 Å². The summed E-state index contributed by atoms with van der Waals surface area (Å²) in [5.74, 6) is -0.0687. The van der Waals surface area contributed by atoms with Gasteiger partial charge in [-0.15, -0.1) is 0 Å². The third-order valence-electron chi connectivity index (χ3n) is 4.05. The van der Waals surface area contributed by atoms with E-state index in [0.717, 1.165) is 12.8 Å². The second-order valence-corrected chi connectivity index (χ2v) is 5.72. The Labute approximate surface area is 134 Å². The first-order chi connectivity index (χ1) is 11.2. The van der Waals surface area contributed by atoms with Crippen molar-refractivity contribution in [3.8, 4) is 5.75 Å². The number of hydrogen-bond acceptors (Lipinski definition) is 3.